The number of carbonyl (C=O) groups excluding carboxylic acids is 1. The van der Waals surface area contributed by atoms with Crippen molar-refractivity contribution in [1.29, 1.82) is 0 Å². The number of aryl methyl sites for hydroxylation is 1. The Morgan fingerprint density at radius 1 is 1.27 bits per heavy atom. The summed E-state index contributed by atoms with van der Waals surface area (Å²) in [6.07, 6.45) is 1.60. The first kappa shape index (κ1) is 21.9. The average molecular weight is 366 g/mol. The minimum atomic E-state index is -0.223. The first-order valence-corrected chi connectivity index (χ1v) is 8.99. The van der Waals surface area contributed by atoms with Gasteiger partial charge in [0.15, 0.2) is 5.96 Å². The summed E-state index contributed by atoms with van der Waals surface area (Å²) in [4.78, 5) is 17.6. The molecular formula is C19H31FN4O2. The number of hydrogen-bond donors (Lipinski definition) is 2. The number of nitrogens with zero attached hydrogens (tertiary/aromatic N) is 2. The molecule has 0 saturated heterocycles. The largest absolute Gasteiger partial charge is 0.382 e. The minimum absolute atomic E-state index is 0.0604. The van der Waals surface area contributed by atoms with Crippen LogP contribution in [-0.4, -0.2) is 63.7 Å². The fourth-order valence-electron chi connectivity index (χ4n) is 2.24. The van der Waals surface area contributed by atoms with Gasteiger partial charge in [-0.05, 0) is 49.9 Å². The number of rotatable bonds is 10. The smallest absolute Gasteiger partial charge is 0.243 e. The van der Waals surface area contributed by atoms with Gasteiger partial charge in [-0.25, -0.2) is 9.38 Å². The van der Waals surface area contributed by atoms with Crippen LogP contribution in [-0.2, 0) is 16.0 Å². The molecule has 146 valence electrons. The Morgan fingerprint density at radius 2 is 2.00 bits per heavy atom. The van der Waals surface area contributed by atoms with Crippen molar-refractivity contribution in [2.75, 3.05) is 46.9 Å². The molecule has 0 atom stereocenters. The molecule has 0 aromatic heterocycles. The third-order valence-electron chi connectivity index (χ3n) is 3.82. The normalized spacial score (nSPS) is 11.3. The number of benzene rings is 1. The molecule has 0 heterocycles. The molecular weight excluding hydrogens is 335 g/mol. The van der Waals surface area contributed by atoms with E-state index in [0.29, 0.717) is 32.3 Å². The second-order valence-corrected chi connectivity index (χ2v) is 6.18. The van der Waals surface area contributed by atoms with Gasteiger partial charge >= 0.3 is 0 Å². The van der Waals surface area contributed by atoms with E-state index in [-0.39, 0.29) is 18.3 Å². The van der Waals surface area contributed by atoms with Crippen molar-refractivity contribution in [3.8, 4) is 0 Å². The predicted molar refractivity (Wildman–Crippen MR) is 103 cm³/mol. The first-order chi connectivity index (χ1) is 12.4. The minimum Gasteiger partial charge on any atom is -0.382 e. The molecule has 2 N–H and O–H groups in total. The molecule has 0 radical (unpaired) electrons. The van der Waals surface area contributed by atoms with Crippen LogP contribution in [0.15, 0.2) is 23.2 Å². The standard InChI is InChI=1S/C19H31FN4O2/c1-5-26-12-6-10-21-19(23-14-18(25)24(3)4)22-11-9-16-7-8-17(20)13-15(16)2/h7-8,13H,5-6,9-12,14H2,1-4H3,(H2,21,22,23). The van der Waals surface area contributed by atoms with Gasteiger partial charge in [0.2, 0.25) is 5.91 Å². The summed E-state index contributed by atoms with van der Waals surface area (Å²) in [5.41, 5.74) is 2.01. The summed E-state index contributed by atoms with van der Waals surface area (Å²) in [5, 5.41) is 6.44. The molecule has 0 aliphatic heterocycles. The Morgan fingerprint density at radius 3 is 2.65 bits per heavy atom. The number of guanidine groups is 1. The molecule has 1 amide bonds. The lowest BCUT2D eigenvalue weighted by Crippen LogP contribution is -2.40. The topological polar surface area (TPSA) is 66.0 Å². The third kappa shape index (κ3) is 8.80. The quantitative estimate of drug-likeness (QED) is 0.376. The molecule has 1 aromatic rings. The Bertz CT molecular complexity index is 591. The van der Waals surface area contributed by atoms with Gasteiger partial charge in [-0.3, -0.25) is 4.79 Å². The van der Waals surface area contributed by atoms with E-state index in [2.05, 4.69) is 15.6 Å². The van der Waals surface area contributed by atoms with E-state index in [1.165, 1.54) is 17.0 Å². The van der Waals surface area contributed by atoms with Crippen LogP contribution in [0.2, 0.25) is 0 Å². The number of aliphatic imine (C=N–C) groups is 1. The Balaban J connectivity index is 2.53. The van der Waals surface area contributed by atoms with Gasteiger partial charge in [-0.1, -0.05) is 6.07 Å². The molecule has 1 aromatic carbocycles. The van der Waals surface area contributed by atoms with Gasteiger partial charge in [0.1, 0.15) is 12.4 Å². The monoisotopic (exact) mass is 366 g/mol. The summed E-state index contributed by atoms with van der Waals surface area (Å²) in [6.45, 7) is 6.68. The maximum atomic E-state index is 13.2. The van der Waals surface area contributed by atoms with E-state index in [1.807, 2.05) is 13.8 Å². The predicted octanol–water partition coefficient (Wildman–Crippen LogP) is 1.73. The van der Waals surface area contributed by atoms with Crippen molar-refractivity contribution in [2.45, 2.75) is 26.7 Å². The number of hydrogen-bond acceptors (Lipinski definition) is 3. The maximum absolute atomic E-state index is 13.2. The van der Waals surface area contributed by atoms with Crippen LogP contribution in [0.3, 0.4) is 0 Å². The van der Waals surface area contributed by atoms with Crippen LogP contribution in [0, 0.1) is 12.7 Å². The van der Waals surface area contributed by atoms with Crippen molar-refractivity contribution in [1.82, 2.24) is 15.5 Å². The van der Waals surface area contributed by atoms with Gasteiger partial charge in [-0.15, -0.1) is 0 Å². The lowest BCUT2D eigenvalue weighted by atomic mass is 10.1. The summed E-state index contributed by atoms with van der Waals surface area (Å²) < 4.78 is 18.5. The van der Waals surface area contributed by atoms with Crippen molar-refractivity contribution in [3.63, 3.8) is 0 Å². The Hall–Kier alpha value is -2.15. The van der Waals surface area contributed by atoms with Gasteiger partial charge in [0, 0.05) is 40.4 Å². The van der Waals surface area contributed by atoms with Crippen molar-refractivity contribution >= 4 is 11.9 Å². The highest BCUT2D eigenvalue weighted by Crippen LogP contribution is 2.10. The van der Waals surface area contributed by atoms with Crippen molar-refractivity contribution in [2.24, 2.45) is 4.99 Å². The molecule has 7 heteroatoms. The zero-order chi connectivity index (χ0) is 19.4. The molecule has 1 rings (SSSR count). The number of amides is 1. The van der Waals surface area contributed by atoms with Crippen LogP contribution >= 0.6 is 0 Å². The molecule has 0 fully saturated rings. The zero-order valence-electron chi connectivity index (χ0n) is 16.3. The number of nitrogens with one attached hydrogen (secondary N) is 2. The summed E-state index contributed by atoms with van der Waals surface area (Å²) >= 11 is 0. The summed E-state index contributed by atoms with van der Waals surface area (Å²) in [7, 11) is 3.41. The van der Waals surface area contributed by atoms with Crippen LogP contribution in [0.4, 0.5) is 4.39 Å². The lowest BCUT2D eigenvalue weighted by molar-refractivity contribution is -0.127. The van der Waals surface area contributed by atoms with Crippen LogP contribution in [0.5, 0.6) is 0 Å². The highest BCUT2D eigenvalue weighted by molar-refractivity contribution is 5.84. The highest BCUT2D eigenvalue weighted by atomic mass is 19.1. The number of ether oxygens (including phenoxy) is 1. The van der Waals surface area contributed by atoms with E-state index >= 15 is 0 Å². The molecule has 0 aliphatic rings. The van der Waals surface area contributed by atoms with E-state index in [4.69, 9.17) is 4.74 Å². The number of halogens is 1. The Labute approximate surface area is 155 Å². The first-order valence-electron chi connectivity index (χ1n) is 8.99. The SMILES string of the molecule is CCOCCCNC(=NCC(=O)N(C)C)NCCc1ccc(F)cc1C. The molecule has 0 unspecified atom stereocenters. The van der Waals surface area contributed by atoms with E-state index < -0.39 is 0 Å². The van der Waals surface area contributed by atoms with Crippen molar-refractivity contribution in [3.05, 3.63) is 35.1 Å². The van der Waals surface area contributed by atoms with Gasteiger partial charge in [-0.2, -0.15) is 0 Å². The van der Waals surface area contributed by atoms with Crippen LogP contribution < -0.4 is 10.6 Å². The lowest BCUT2D eigenvalue weighted by Gasteiger charge is -2.14. The zero-order valence-corrected chi connectivity index (χ0v) is 16.3. The molecule has 0 bridgehead atoms. The van der Waals surface area contributed by atoms with E-state index in [9.17, 15) is 9.18 Å². The molecule has 0 saturated carbocycles. The van der Waals surface area contributed by atoms with Gasteiger partial charge < -0.3 is 20.3 Å². The van der Waals surface area contributed by atoms with Gasteiger partial charge in [0.25, 0.3) is 0 Å². The number of carbonyl (C=O) groups is 1. The summed E-state index contributed by atoms with van der Waals surface area (Å²) in [5.74, 6) is 0.311. The van der Waals surface area contributed by atoms with Crippen LogP contribution in [0.1, 0.15) is 24.5 Å². The Kier molecular flexibility index (Phi) is 10.3. The van der Waals surface area contributed by atoms with Gasteiger partial charge in [0.05, 0.1) is 0 Å². The highest BCUT2D eigenvalue weighted by Gasteiger charge is 2.05. The molecule has 0 spiro atoms. The van der Waals surface area contributed by atoms with E-state index in [1.54, 1.807) is 20.2 Å². The van der Waals surface area contributed by atoms with Crippen LogP contribution in [0.25, 0.3) is 0 Å². The molecule has 26 heavy (non-hydrogen) atoms. The van der Waals surface area contributed by atoms with E-state index in [0.717, 1.165) is 24.0 Å². The number of likely N-dealkylation sites (N-methyl/N-ethyl adjacent to an activating group) is 1. The average Bonchev–Trinajstić information content (AvgIpc) is 2.60. The maximum Gasteiger partial charge on any atom is 0.243 e. The second kappa shape index (κ2) is 12.2. The molecule has 0 aliphatic carbocycles. The van der Waals surface area contributed by atoms with Crippen molar-refractivity contribution < 1.29 is 13.9 Å². The molecule has 6 nitrogen and oxygen atoms in total. The summed E-state index contributed by atoms with van der Waals surface area (Å²) in [6, 6.07) is 4.80. The second-order valence-electron chi connectivity index (χ2n) is 6.18. The fourth-order valence-corrected chi connectivity index (χ4v) is 2.24. The third-order valence-corrected chi connectivity index (χ3v) is 3.82. The fraction of sp³-hybridized carbons (Fsp3) is 0.579.